The normalized spacial score (nSPS) is 12.7. The Morgan fingerprint density at radius 1 is 1.50 bits per heavy atom. The van der Waals surface area contributed by atoms with Gasteiger partial charge in [0.1, 0.15) is 0 Å². The van der Waals surface area contributed by atoms with Crippen LogP contribution in [0.4, 0.5) is 5.69 Å². The van der Waals surface area contributed by atoms with Gasteiger partial charge in [-0.15, -0.1) is 0 Å². The lowest BCUT2D eigenvalue weighted by Gasteiger charge is -2.10. The van der Waals surface area contributed by atoms with Crippen molar-refractivity contribution in [3.8, 4) is 0 Å². The quantitative estimate of drug-likeness (QED) is 0.746. The average Bonchev–Trinajstić information content (AvgIpc) is 2.21. The lowest BCUT2D eigenvalue weighted by atomic mass is 10.2. The van der Waals surface area contributed by atoms with E-state index >= 15 is 0 Å². The second-order valence-electron chi connectivity index (χ2n) is 3.60. The molecule has 0 aliphatic rings. The Labute approximate surface area is 85.7 Å². The SMILES string of the molecule is CCC(C)NCCc1ccc(N)cn1. The first-order valence-corrected chi connectivity index (χ1v) is 5.16. The van der Waals surface area contributed by atoms with E-state index in [-0.39, 0.29) is 0 Å². The van der Waals surface area contributed by atoms with Gasteiger partial charge in [0.15, 0.2) is 0 Å². The molecule has 1 unspecified atom stereocenters. The summed E-state index contributed by atoms with van der Waals surface area (Å²) in [6.45, 7) is 5.35. The highest BCUT2D eigenvalue weighted by Crippen LogP contribution is 2.01. The molecular formula is C11H19N3. The molecule has 0 saturated carbocycles. The molecule has 0 amide bonds. The zero-order valence-corrected chi connectivity index (χ0v) is 8.96. The molecule has 0 aromatic carbocycles. The molecule has 1 atom stereocenters. The molecule has 0 radical (unpaired) electrons. The summed E-state index contributed by atoms with van der Waals surface area (Å²) in [4.78, 5) is 4.24. The molecule has 1 aromatic heterocycles. The Balaban J connectivity index is 2.28. The number of aromatic nitrogens is 1. The average molecular weight is 193 g/mol. The first-order valence-electron chi connectivity index (χ1n) is 5.16. The van der Waals surface area contributed by atoms with E-state index in [9.17, 15) is 0 Å². The van der Waals surface area contributed by atoms with Crippen molar-refractivity contribution in [2.24, 2.45) is 0 Å². The van der Waals surface area contributed by atoms with Crippen molar-refractivity contribution < 1.29 is 0 Å². The third-order valence-corrected chi connectivity index (χ3v) is 2.33. The first-order chi connectivity index (χ1) is 6.72. The van der Waals surface area contributed by atoms with Crippen LogP contribution in [0, 0.1) is 0 Å². The van der Waals surface area contributed by atoms with E-state index in [4.69, 9.17) is 5.73 Å². The van der Waals surface area contributed by atoms with E-state index < -0.39 is 0 Å². The van der Waals surface area contributed by atoms with Gasteiger partial charge in [-0.2, -0.15) is 0 Å². The third-order valence-electron chi connectivity index (χ3n) is 2.33. The van der Waals surface area contributed by atoms with Gasteiger partial charge in [0.05, 0.1) is 11.9 Å². The van der Waals surface area contributed by atoms with Gasteiger partial charge < -0.3 is 11.1 Å². The van der Waals surface area contributed by atoms with Gasteiger partial charge in [-0.1, -0.05) is 6.92 Å². The fourth-order valence-corrected chi connectivity index (χ4v) is 1.17. The molecule has 0 aliphatic heterocycles. The van der Waals surface area contributed by atoms with Gasteiger partial charge in [0.2, 0.25) is 0 Å². The molecule has 14 heavy (non-hydrogen) atoms. The summed E-state index contributed by atoms with van der Waals surface area (Å²) in [5, 5.41) is 3.42. The summed E-state index contributed by atoms with van der Waals surface area (Å²) in [5.74, 6) is 0. The Kier molecular flexibility index (Phi) is 4.40. The van der Waals surface area contributed by atoms with E-state index in [0.717, 1.165) is 30.8 Å². The highest BCUT2D eigenvalue weighted by atomic mass is 14.9. The van der Waals surface area contributed by atoms with Crippen LogP contribution >= 0.6 is 0 Å². The smallest absolute Gasteiger partial charge is 0.0501 e. The second kappa shape index (κ2) is 5.60. The molecule has 3 nitrogen and oxygen atoms in total. The van der Waals surface area contributed by atoms with E-state index in [1.807, 2.05) is 12.1 Å². The maximum Gasteiger partial charge on any atom is 0.0501 e. The molecule has 0 fully saturated rings. The number of nitrogen functional groups attached to an aromatic ring is 1. The maximum absolute atomic E-state index is 5.55. The molecule has 0 aliphatic carbocycles. The van der Waals surface area contributed by atoms with Crippen molar-refractivity contribution in [2.75, 3.05) is 12.3 Å². The molecule has 0 saturated heterocycles. The van der Waals surface area contributed by atoms with Crippen molar-refractivity contribution in [2.45, 2.75) is 32.7 Å². The van der Waals surface area contributed by atoms with Gasteiger partial charge >= 0.3 is 0 Å². The predicted molar refractivity (Wildman–Crippen MR) is 60.1 cm³/mol. The summed E-state index contributed by atoms with van der Waals surface area (Å²) < 4.78 is 0. The number of nitrogens with zero attached hydrogens (tertiary/aromatic N) is 1. The van der Waals surface area contributed by atoms with Crippen LogP contribution in [0.3, 0.4) is 0 Å². The van der Waals surface area contributed by atoms with E-state index in [1.165, 1.54) is 0 Å². The molecule has 3 N–H and O–H groups in total. The maximum atomic E-state index is 5.55. The van der Waals surface area contributed by atoms with Gasteiger partial charge in [-0.05, 0) is 25.5 Å². The Hall–Kier alpha value is -1.09. The van der Waals surface area contributed by atoms with Crippen LogP contribution in [0.15, 0.2) is 18.3 Å². The van der Waals surface area contributed by atoms with Crippen LogP contribution in [0.25, 0.3) is 0 Å². The number of nitrogens with one attached hydrogen (secondary N) is 1. The molecule has 1 rings (SSSR count). The lowest BCUT2D eigenvalue weighted by molar-refractivity contribution is 0.535. The minimum Gasteiger partial charge on any atom is -0.397 e. The molecule has 0 spiro atoms. The minimum absolute atomic E-state index is 0.587. The summed E-state index contributed by atoms with van der Waals surface area (Å²) in [7, 11) is 0. The van der Waals surface area contributed by atoms with Gasteiger partial charge in [0.25, 0.3) is 0 Å². The van der Waals surface area contributed by atoms with E-state index in [0.29, 0.717) is 6.04 Å². The summed E-state index contributed by atoms with van der Waals surface area (Å²) in [6, 6.07) is 4.46. The van der Waals surface area contributed by atoms with Crippen LogP contribution in [0.2, 0.25) is 0 Å². The molecular weight excluding hydrogens is 174 g/mol. The largest absolute Gasteiger partial charge is 0.397 e. The fourth-order valence-electron chi connectivity index (χ4n) is 1.17. The van der Waals surface area contributed by atoms with Crippen LogP contribution in [0.1, 0.15) is 26.0 Å². The minimum atomic E-state index is 0.587. The van der Waals surface area contributed by atoms with E-state index in [2.05, 4.69) is 24.1 Å². The topological polar surface area (TPSA) is 50.9 Å². The van der Waals surface area contributed by atoms with Gasteiger partial charge in [-0.3, -0.25) is 4.98 Å². The zero-order valence-electron chi connectivity index (χ0n) is 8.96. The highest BCUT2D eigenvalue weighted by Gasteiger charge is 1.98. The summed E-state index contributed by atoms with van der Waals surface area (Å²) >= 11 is 0. The Bertz CT molecular complexity index is 256. The van der Waals surface area contributed by atoms with Gasteiger partial charge in [-0.25, -0.2) is 0 Å². The van der Waals surface area contributed by atoms with Crippen molar-refractivity contribution in [3.63, 3.8) is 0 Å². The molecule has 0 bridgehead atoms. The second-order valence-corrected chi connectivity index (χ2v) is 3.60. The Morgan fingerprint density at radius 2 is 2.29 bits per heavy atom. The summed E-state index contributed by atoms with van der Waals surface area (Å²) in [6.07, 6.45) is 3.83. The van der Waals surface area contributed by atoms with Gasteiger partial charge in [0, 0.05) is 24.7 Å². The monoisotopic (exact) mass is 193 g/mol. The molecule has 78 valence electrons. The standard InChI is InChI=1S/C11H19N3/c1-3-9(2)13-7-6-11-5-4-10(12)8-14-11/h4-5,8-9,13H,3,6-7,12H2,1-2H3. The van der Waals surface area contributed by atoms with E-state index in [1.54, 1.807) is 6.20 Å². The van der Waals surface area contributed by atoms with Crippen LogP contribution in [-0.4, -0.2) is 17.6 Å². The number of hydrogen-bond donors (Lipinski definition) is 2. The fraction of sp³-hybridized carbons (Fsp3) is 0.545. The Morgan fingerprint density at radius 3 is 2.86 bits per heavy atom. The van der Waals surface area contributed by atoms with Crippen molar-refractivity contribution in [1.29, 1.82) is 0 Å². The van der Waals surface area contributed by atoms with Crippen molar-refractivity contribution in [1.82, 2.24) is 10.3 Å². The van der Waals surface area contributed by atoms with Crippen molar-refractivity contribution in [3.05, 3.63) is 24.0 Å². The number of pyridine rings is 1. The number of hydrogen-bond acceptors (Lipinski definition) is 3. The molecule has 1 heterocycles. The molecule has 3 heteroatoms. The van der Waals surface area contributed by atoms with Crippen LogP contribution < -0.4 is 11.1 Å². The number of rotatable bonds is 5. The highest BCUT2D eigenvalue weighted by molar-refractivity contribution is 5.34. The summed E-state index contributed by atoms with van der Waals surface area (Å²) in [5.41, 5.74) is 7.37. The molecule has 1 aromatic rings. The van der Waals surface area contributed by atoms with Crippen LogP contribution in [-0.2, 0) is 6.42 Å². The first kappa shape index (κ1) is 11.0. The van der Waals surface area contributed by atoms with Crippen LogP contribution in [0.5, 0.6) is 0 Å². The van der Waals surface area contributed by atoms with Crippen molar-refractivity contribution >= 4 is 5.69 Å². The third kappa shape index (κ3) is 3.75. The lowest BCUT2D eigenvalue weighted by Crippen LogP contribution is -2.27. The predicted octanol–water partition coefficient (Wildman–Crippen LogP) is 1.59. The number of anilines is 1. The number of nitrogens with two attached hydrogens (primary N) is 1. The zero-order chi connectivity index (χ0) is 10.4.